The standard InChI is InChI=1S/C22H26ClN3O2/c1-15-13-20(16(2)26(15)19-7-8-19)21(27)14-24-9-11-25(12-10-24)22(28)17-3-5-18(23)6-4-17/h3-6,13,19H,7-12,14H2,1-2H3. The summed E-state index contributed by atoms with van der Waals surface area (Å²) < 4.78 is 2.32. The number of hydrogen-bond acceptors (Lipinski definition) is 3. The predicted octanol–water partition coefficient (Wildman–Crippen LogP) is 3.73. The molecule has 0 spiro atoms. The summed E-state index contributed by atoms with van der Waals surface area (Å²) in [5.41, 5.74) is 3.79. The lowest BCUT2D eigenvalue weighted by atomic mass is 10.1. The molecule has 1 aliphatic heterocycles. The topological polar surface area (TPSA) is 45.6 Å². The van der Waals surface area contributed by atoms with Gasteiger partial charge in [-0.2, -0.15) is 0 Å². The van der Waals surface area contributed by atoms with Gasteiger partial charge in [-0.15, -0.1) is 0 Å². The third kappa shape index (κ3) is 3.87. The van der Waals surface area contributed by atoms with E-state index in [9.17, 15) is 9.59 Å². The summed E-state index contributed by atoms with van der Waals surface area (Å²) in [4.78, 5) is 29.5. The lowest BCUT2D eigenvalue weighted by Crippen LogP contribution is -2.49. The molecule has 0 radical (unpaired) electrons. The van der Waals surface area contributed by atoms with Crippen molar-refractivity contribution in [1.82, 2.24) is 14.4 Å². The van der Waals surface area contributed by atoms with E-state index in [0.29, 0.717) is 49.4 Å². The zero-order chi connectivity index (χ0) is 19.8. The first-order chi connectivity index (χ1) is 13.4. The number of rotatable bonds is 5. The number of nitrogens with zero attached hydrogens (tertiary/aromatic N) is 3. The van der Waals surface area contributed by atoms with Gasteiger partial charge in [-0.05, 0) is 57.0 Å². The smallest absolute Gasteiger partial charge is 0.253 e. The second kappa shape index (κ2) is 7.72. The first-order valence-corrected chi connectivity index (χ1v) is 10.3. The van der Waals surface area contributed by atoms with Gasteiger partial charge >= 0.3 is 0 Å². The van der Waals surface area contributed by atoms with E-state index in [0.717, 1.165) is 11.3 Å². The Bertz CT molecular complexity index is 891. The number of halogens is 1. The Kier molecular flexibility index (Phi) is 5.30. The molecular weight excluding hydrogens is 374 g/mol. The van der Waals surface area contributed by atoms with Crippen molar-refractivity contribution >= 4 is 23.3 Å². The molecule has 6 heteroatoms. The van der Waals surface area contributed by atoms with Crippen molar-refractivity contribution in [3.63, 3.8) is 0 Å². The summed E-state index contributed by atoms with van der Waals surface area (Å²) in [7, 11) is 0. The molecule has 2 heterocycles. The number of benzene rings is 1. The van der Waals surface area contributed by atoms with Crippen LogP contribution in [0.2, 0.25) is 5.02 Å². The number of ketones is 1. The van der Waals surface area contributed by atoms with E-state index in [1.807, 2.05) is 11.0 Å². The molecule has 28 heavy (non-hydrogen) atoms. The van der Waals surface area contributed by atoms with Crippen LogP contribution in [-0.2, 0) is 0 Å². The van der Waals surface area contributed by atoms with Crippen molar-refractivity contribution in [2.45, 2.75) is 32.7 Å². The first-order valence-electron chi connectivity index (χ1n) is 9.93. The number of amides is 1. The Morgan fingerprint density at radius 3 is 2.29 bits per heavy atom. The normalized spacial score (nSPS) is 17.8. The Morgan fingerprint density at radius 1 is 1.04 bits per heavy atom. The quantitative estimate of drug-likeness (QED) is 0.719. The Labute approximate surface area is 170 Å². The predicted molar refractivity (Wildman–Crippen MR) is 110 cm³/mol. The molecule has 1 aromatic carbocycles. The van der Waals surface area contributed by atoms with Crippen molar-refractivity contribution in [2.24, 2.45) is 0 Å². The van der Waals surface area contributed by atoms with Crippen molar-refractivity contribution in [2.75, 3.05) is 32.7 Å². The maximum atomic E-state index is 12.9. The van der Waals surface area contributed by atoms with E-state index in [4.69, 9.17) is 11.6 Å². The molecular formula is C22H26ClN3O2. The molecule has 0 atom stereocenters. The lowest BCUT2D eigenvalue weighted by Gasteiger charge is -2.34. The molecule has 2 aromatic rings. The molecule has 4 rings (SSSR count). The minimum absolute atomic E-state index is 0.0237. The maximum absolute atomic E-state index is 12.9. The van der Waals surface area contributed by atoms with E-state index < -0.39 is 0 Å². The zero-order valence-corrected chi connectivity index (χ0v) is 17.2. The van der Waals surface area contributed by atoms with Gasteiger partial charge in [0.2, 0.25) is 0 Å². The van der Waals surface area contributed by atoms with E-state index in [1.165, 1.54) is 18.5 Å². The molecule has 148 valence electrons. The molecule has 1 aliphatic carbocycles. The number of carbonyl (C=O) groups excluding carboxylic acids is 2. The highest BCUT2D eigenvalue weighted by molar-refractivity contribution is 6.30. The monoisotopic (exact) mass is 399 g/mol. The Morgan fingerprint density at radius 2 is 1.68 bits per heavy atom. The van der Waals surface area contributed by atoms with Crippen LogP contribution in [0.5, 0.6) is 0 Å². The van der Waals surface area contributed by atoms with Crippen LogP contribution >= 0.6 is 11.6 Å². The van der Waals surface area contributed by atoms with Crippen molar-refractivity contribution < 1.29 is 9.59 Å². The SMILES string of the molecule is Cc1cc(C(=O)CN2CCN(C(=O)c3ccc(Cl)cc3)CC2)c(C)n1C1CC1. The van der Waals surface area contributed by atoms with Gasteiger partial charge in [-0.1, -0.05) is 11.6 Å². The molecule has 1 saturated heterocycles. The largest absolute Gasteiger partial charge is 0.345 e. The number of carbonyl (C=O) groups is 2. The summed E-state index contributed by atoms with van der Waals surface area (Å²) in [5.74, 6) is 0.202. The Balaban J connectivity index is 1.34. The van der Waals surface area contributed by atoms with Gasteiger partial charge in [0, 0.05) is 59.8 Å². The van der Waals surface area contributed by atoms with Crippen LogP contribution in [0.15, 0.2) is 30.3 Å². The summed E-state index contributed by atoms with van der Waals surface area (Å²) in [5, 5.41) is 0.626. The van der Waals surface area contributed by atoms with Crippen molar-refractivity contribution in [1.29, 1.82) is 0 Å². The number of piperazine rings is 1. The average Bonchev–Trinajstić information content (AvgIpc) is 3.47. The molecule has 1 amide bonds. The number of hydrogen-bond donors (Lipinski definition) is 0. The van der Waals surface area contributed by atoms with Crippen LogP contribution in [-0.4, -0.2) is 58.8 Å². The second-order valence-corrected chi connectivity index (χ2v) is 8.32. The van der Waals surface area contributed by atoms with E-state index in [2.05, 4.69) is 23.3 Å². The molecule has 0 N–H and O–H groups in total. The van der Waals surface area contributed by atoms with Crippen molar-refractivity contribution in [3.05, 3.63) is 57.9 Å². The number of Topliss-reactive ketones (excluding diaryl/α,β-unsaturated/α-hetero) is 1. The average molecular weight is 400 g/mol. The van der Waals surface area contributed by atoms with Crippen LogP contribution in [0.4, 0.5) is 0 Å². The minimum Gasteiger partial charge on any atom is -0.345 e. The van der Waals surface area contributed by atoms with Gasteiger partial charge in [-0.25, -0.2) is 0 Å². The fourth-order valence-electron chi connectivity index (χ4n) is 4.13. The minimum atomic E-state index is 0.0237. The van der Waals surface area contributed by atoms with Gasteiger partial charge in [-0.3, -0.25) is 14.5 Å². The van der Waals surface area contributed by atoms with Gasteiger partial charge in [0.1, 0.15) is 0 Å². The summed E-state index contributed by atoms with van der Waals surface area (Å²) in [6.07, 6.45) is 2.43. The molecule has 2 fully saturated rings. The second-order valence-electron chi connectivity index (χ2n) is 7.88. The molecule has 0 bridgehead atoms. The van der Waals surface area contributed by atoms with Gasteiger partial charge in [0.25, 0.3) is 5.91 Å². The molecule has 2 aliphatic rings. The number of aryl methyl sites for hydroxylation is 1. The highest BCUT2D eigenvalue weighted by atomic mass is 35.5. The third-order valence-electron chi connectivity index (χ3n) is 5.81. The van der Waals surface area contributed by atoms with Crippen LogP contribution in [0.25, 0.3) is 0 Å². The van der Waals surface area contributed by atoms with E-state index >= 15 is 0 Å². The fourth-order valence-corrected chi connectivity index (χ4v) is 4.25. The molecule has 0 unspecified atom stereocenters. The van der Waals surface area contributed by atoms with Crippen LogP contribution in [0.3, 0.4) is 0 Å². The summed E-state index contributed by atoms with van der Waals surface area (Å²) in [6.45, 7) is 7.26. The first kappa shape index (κ1) is 19.2. The van der Waals surface area contributed by atoms with Gasteiger partial charge in [0.05, 0.1) is 6.54 Å². The maximum Gasteiger partial charge on any atom is 0.253 e. The third-order valence-corrected chi connectivity index (χ3v) is 6.07. The highest BCUT2D eigenvalue weighted by Gasteiger charge is 2.29. The van der Waals surface area contributed by atoms with Gasteiger partial charge in [0.15, 0.2) is 5.78 Å². The lowest BCUT2D eigenvalue weighted by molar-refractivity contribution is 0.0624. The summed E-state index contributed by atoms with van der Waals surface area (Å²) >= 11 is 5.90. The Hall–Kier alpha value is -2.11. The van der Waals surface area contributed by atoms with E-state index in [1.54, 1.807) is 24.3 Å². The molecule has 1 aromatic heterocycles. The van der Waals surface area contributed by atoms with Crippen LogP contribution in [0.1, 0.15) is 51.0 Å². The van der Waals surface area contributed by atoms with Crippen molar-refractivity contribution in [3.8, 4) is 0 Å². The fraction of sp³-hybridized carbons (Fsp3) is 0.455. The zero-order valence-electron chi connectivity index (χ0n) is 16.4. The van der Waals surface area contributed by atoms with Gasteiger partial charge < -0.3 is 9.47 Å². The highest BCUT2D eigenvalue weighted by Crippen LogP contribution is 2.38. The van der Waals surface area contributed by atoms with E-state index in [-0.39, 0.29) is 11.7 Å². The molecule has 1 saturated carbocycles. The summed E-state index contributed by atoms with van der Waals surface area (Å²) in [6, 6.07) is 9.62. The molecule has 5 nitrogen and oxygen atoms in total. The van der Waals surface area contributed by atoms with Crippen LogP contribution in [0, 0.1) is 13.8 Å². The number of aromatic nitrogens is 1. The van der Waals surface area contributed by atoms with Crippen LogP contribution < -0.4 is 0 Å².